The number of rotatable bonds is 5. The topological polar surface area (TPSA) is 49.3 Å². The summed E-state index contributed by atoms with van der Waals surface area (Å²) in [5.74, 6) is -1.00. The van der Waals surface area contributed by atoms with Gasteiger partial charge in [0.25, 0.3) is 0 Å². The SMILES string of the molecule is C/C(=C\c1c(C)cccc1NCc1ccc(C(F)(F)F)cc1)C(=O)O. The molecule has 2 aromatic rings. The number of aliphatic carboxylic acids is 1. The van der Waals surface area contributed by atoms with Crippen LogP contribution in [0.2, 0.25) is 0 Å². The van der Waals surface area contributed by atoms with Crippen molar-refractivity contribution >= 4 is 17.7 Å². The maximum Gasteiger partial charge on any atom is 0.416 e. The molecule has 0 atom stereocenters. The summed E-state index contributed by atoms with van der Waals surface area (Å²) in [6, 6.07) is 10.4. The monoisotopic (exact) mass is 349 g/mol. The first-order chi connectivity index (χ1) is 11.7. The second-order valence-electron chi connectivity index (χ2n) is 5.72. The Kier molecular flexibility index (Phi) is 5.51. The summed E-state index contributed by atoms with van der Waals surface area (Å²) in [5.41, 5.74) is 2.58. The third-order valence-electron chi connectivity index (χ3n) is 3.79. The summed E-state index contributed by atoms with van der Waals surface area (Å²) in [4.78, 5) is 11.0. The molecule has 0 aliphatic carbocycles. The van der Waals surface area contributed by atoms with Gasteiger partial charge in [0.05, 0.1) is 5.56 Å². The van der Waals surface area contributed by atoms with Gasteiger partial charge in [-0.15, -0.1) is 0 Å². The van der Waals surface area contributed by atoms with E-state index in [4.69, 9.17) is 5.11 Å². The minimum Gasteiger partial charge on any atom is -0.478 e. The molecule has 0 heterocycles. The molecule has 2 aromatic carbocycles. The smallest absolute Gasteiger partial charge is 0.416 e. The molecule has 0 fully saturated rings. The lowest BCUT2D eigenvalue weighted by Gasteiger charge is -2.13. The number of anilines is 1. The third kappa shape index (κ3) is 4.86. The first kappa shape index (κ1) is 18.6. The highest BCUT2D eigenvalue weighted by molar-refractivity contribution is 5.93. The van der Waals surface area contributed by atoms with Crippen molar-refractivity contribution in [3.8, 4) is 0 Å². The number of benzene rings is 2. The van der Waals surface area contributed by atoms with Crippen LogP contribution < -0.4 is 5.32 Å². The van der Waals surface area contributed by atoms with Crippen LogP contribution in [0.5, 0.6) is 0 Å². The third-order valence-corrected chi connectivity index (χ3v) is 3.79. The molecule has 132 valence electrons. The number of hydrogen-bond donors (Lipinski definition) is 2. The van der Waals surface area contributed by atoms with Crippen molar-refractivity contribution in [2.75, 3.05) is 5.32 Å². The average molecular weight is 349 g/mol. The normalized spacial score (nSPS) is 12.1. The molecule has 25 heavy (non-hydrogen) atoms. The van der Waals surface area contributed by atoms with Crippen molar-refractivity contribution in [1.82, 2.24) is 0 Å². The van der Waals surface area contributed by atoms with Gasteiger partial charge in [-0.1, -0.05) is 24.3 Å². The van der Waals surface area contributed by atoms with Crippen LogP contribution in [-0.2, 0) is 17.5 Å². The van der Waals surface area contributed by atoms with E-state index in [1.165, 1.54) is 19.1 Å². The molecular weight excluding hydrogens is 331 g/mol. The number of carboxylic acid groups (broad SMARTS) is 1. The van der Waals surface area contributed by atoms with Crippen molar-refractivity contribution in [3.63, 3.8) is 0 Å². The molecule has 0 saturated carbocycles. The summed E-state index contributed by atoms with van der Waals surface area (Å²) in [5, 5.41) is 12.2. The van der Waals surface area contributed by atoms with Crippen LogP contribution in [0.3, 0.4) is 0 Å². The van der Waals surface area contributed by atoms with Crippen molar-refractivity contribution in [2.45, 2.75) is 26.6 Å². The lowest BCUT2D eigenvalue weighted by molar-refractivity contribution is -0.137. The van der Waals surface area contributed by atoms with Crippen molar-refractivity contribution in [1.29, 1.82) is 0 Å². The van der Waals surface area contributed by atoms with Crippen LogP contribution in [-0.4, -0.2) is 11.1 Å². The first-order valence-electron chi connectivity index (χ1n) is 7.59. The van der Waals surface area contributed by atoms with E-state index in [1.807, 2.05) is 19.1 Å². The number of aryl methyl sites for hydroxylation is 1. The number of hydrogen-bond acceptors (Lipinski definition) is 2. The highest BCUT2D eigenvalue weighted by Crippen LogP contribution is 2.29. The molecule has 0 radical (unpaired) electrons. The standard InChI is InChI=1S/C19H18F3NO2/c1-12-4-3-5-17(16(12)10-13(2)18(24)25)23-11-14-6-8-15(9-7-14)19(20,21)22/h3-10,23H,11H2,1-2H3,(H,24,25)/b13-10+. The van der Waals surface area contributed by atoms with E-state index in [0.29, 0.717) is 12.1 Å². The summed E-state index contributed by atoms with van der Waals surface area (Å²) in [7, 11) is 0. The van der Waals surface area contributed by atoms with Gasteiger partial charge in [0.1, 0.15) is 0 Å². The van der Waals surface area contributed by atoms with Gasteiger partial charge in [-0.05, 0) is 49.2 Å². The summed E-state index contributed by atoms with van der Waals surface area (Å²) >= 11 is 0. The fraction of sp³-hybridized carbons (Fsp3) is 0.211. The molecule has 0 aliphatic heterocycles. The fourth-order valence-electron chi connectivity index (χ4n) is 2.31. The number of carboxylic acids is 1. The lowest BCUT2D eigenvalue weighted by Crippen LogP contribution is -2.06. The molecule has 0 amide bonds. The van der Waals surface area contributed by atoms with Crippen LogP contribution in [0.25, 0.3) is 6.08 Å². The number of carbonyl (C=O) groups is 1. The molecule has 0 bridgehead atoms. The van der Waals surface area contributed by atoms with E-state index in [-0.39, 0.29) is 5.57 Å². The zero-order valence-corrected chi connectivity index (χ0v) is 13.8. The quantitative estimate of drug-likeness (QED) is 0.737. The highest BCUT2D eigenvalue weighted by Gasteiger charge is 2.29. The fourth-order valence-corrected chi connectivity index (χ4v) is 2.31. The maximum atomic E-state index is 12.6. The Morgan fingerprint density at radius 3 is 2.36 bits per heavy atom. The second-order valence-corrected chi connectivity index (χ2v) is 5.72. The zero-order chi connectivity index (χ0) is 18.6. The number of nitrogens with one attached hydrogen (secondary N) is 1. The van der Waals surface area contributed by atoms with Crippen molar-refractivity contribution in [3.05, 3.63) is 70.3 Å². The van der Waals surface area contributed by atoms with E-state index >= 15 is 0 Å². The van der Waals surface area contributed by atoms with E-state index in [9.17, 15) is 18.0 Å². The molecule has 3 nitrogen and oxygen atoms in total. The van der Waals surface area contributed by atoms with E-state index in [1.54, 1.807) is 12.1 Å². The Balaban J connectivity index is 2.20. The molecule has 0 aliphatic rings. The number of halogens is 3. The Bertz CT molecular complexity index is 793. The van der Waals surface area contributed by atoms with E-state index < -0.39 is 17.7 Å². The predicted octanol–water partition coefficient (Wildman–Crippen LogP) is 5.11. The zero-order valence-electron chi connectivity index (χ0n) is 13.8. The molecule has 2 rings (SSSR count). The summed E-state index contributed by atoms with van der Waals surface area (Å²) < 4.78 is 37.8. The Labute approximate surface area is 143 Å². The molecular formula is C19H18F3NO2. The minimum atomic E-state index is -4.35. The highest BCUT2D eigenvalue weighted by atomic mass is 19.4. The Hall–Kier alpha value is -2.76. The van der Waals surface area contributed by atoms with Gasteiger partial charge in [0.15, 0.2) is 0 Å². The molecule has 6 heteroatoms. The molecule has 0 spiro atoms. The lowest BCUT2D eigenvalue weighted by atomic mass is 10.0. The molecule has 2 N–H and O–H groups in total. The van der Waals surface area contributed by atoms with Crippen molar-refractivity contribution < 1.29 is 23.1 Å². The van der Waals surface area contributed by atoms with Gasteiger partial charge in [0.2, 0.25) is 0 Å². The molecule has 0 aromatic heterocycles. The minimum absolute atomic E-state index is 0.201. The Morgan fingerprint density at radius 2 is 1.80 bits per heavy atom. The van der Waals surface area contributed by atoms with Gasteiger partial charge in [0, 0.05) is 23.4 Å². The van der Waals surface area contributed by atoms with Gasteiger partial charge in [-0.2, -0.15) is 13.2 Å². The largest absolute Gasteiger partial charge is 0.478 e. The predicted molar refractivity (Wildman–Crippen MR) is 91.2 cm³/mol. The van der Waals surface area contributed by atoms with Gasteiger partial charge < -0.3 is 10.4 Å². The molecule has 0 saturated heterocycles. The van der Waals surface area contributed by atoms with Crippen LogP contribution >= 0.6 is 0 Å². The van der Waals surface area contributed by atoms with Crippen LogP contribution in [0.15, 0.2) is 48.0 Å². The molecule has 0 unspecified atom stereocenters. The summed E-state index contributed by atoms with van der Waals surface area (Å²) in [6.45, 7) is 3.70. The van der Waals surface area contributed by atoms with E-state index in [2.05, 4.69) is 5.32 Å². The second kappa shape index (κ2) is 7.42. The van der Waals surface area contributed by atoms with Crippen LogP contribution in [0.4, 0.5) is 18.9 Å². The number of alkyl halides is 3. The van der Waals surface area contributed by atoms with Gasteiger partial charge >= 0.3 is 12.1 Å². The van der Waals surface area contributed by atoms with Gasteiger partial charge in [-0.3, -0.25) is 0 Å². The van der Waals surface area contributed by atoms with Gasteiger partial charge in [-0.25, -0.2) is 4.79 Å². The van der Waals surface area contributed by atoms with E-state index in [0.717, 1.165) is 28.9 Å². The first-order valence-corrected chi connectivity index (χ1v) is 7.59. The van der Waals surface area contributed by atoms with Crippen LogP contribution in [0, 0.1) is 6.92 Å². The van der Waals surface area contributed by atoms with Crippen LogP contribution in [0.1, 0.15) is 29.2 Å². The Morgan fingerprint density at radius 1 is 1.16 bits per heavy atom. The average Bonchev–Trinajstić information content (AvgIpc) is 2.54. The summed E-state index contributed by atoms with van der Waals surface area (Å²) in [6.07, 6.45) is -2.78. The van der Waals surface area contributed by atoms with Crippen molar-refractivity contribution in [2.24, 2.45) is 0 Å². The maximum absolute atomic E-state index is 12.6.